The molecule has 1 saturated heterocycles. The van der Waals surface area contributed by atoms with E-state index in [1.165, 1.54) is 11.8 Å². The lowest BCUT2D eigenvalue weighted by Gasteiger charge is -2.24. The summed E-state index contributed by atoms with van der Waals surface area (Å²) in [4.78, 5) is 60.0. The quantitative estimate of drug-likeness (QED) is 0.554. The zero-order valence-electron chi connectivity index (χ0n) is 15.2. The second kappa shape index (κ2) is 10.6. The van der Waals surface area contributed by atoms with Crippen molar-refractivity contribution in [3.63, 3.8) is 0 Å². The maximum absolute atomic E-state index is 12.5. The first-order valence-electron chi connectivity index (χ1n) is 8.53. The highest BCUT2D eigenvalue weighted by atomic mass is 32.2. The van der Waals surface area contributed by atoms with Crippen molar-refractivity contribution in [1.29, 1.82) is 0 Å². The molecule has 0 radical (unpaired) electrons. The van der Waals surface area contributed by atoms with Crippen molar-refractivity contribution < 1.29 is 38.2 Å². The van der Waals surface area contributed by atoms with Gasteiger partial charge in [0.25, 0.3) is 0 Å². The average molecular weight is 426 g/mol. The number of alkyl halides is 1. The number of thioether (sulfide) groups is 1. The highest BCUT2D eigenvalue weighted by Gasteiger charge is 2.38. The number of rotatable bonds is 9. The van der Waals surface area contributed by atoms with Crippen LogP contribution in [-0.2, 0) is 30.5 Å². The summed E-state index contributed by atoms with van der Waals surface area (Å²) in [6, 6.07) is 6.17. The van der Waals surface area contributed by atoms with E-state index in [4.69, 9.17) is 9.84 Å². The van der Waals surface area contributed by atoms with Gasteiger partial charge in [-0.15, -0.1) is 11.8 Å². The van der Waals surface area contributed by atoms with Crippen molar-refractivity contribution in [3.05, 3.63) is 35.9 Å². The Bertz CT molecular complexity index is 790. The van der Waals surface area contributed by atoms with Crippen molar-refractivity contribution >= 4 is 41.3 Å². The molecule has 11 heteroatoms. The van der Waals surface area contributed by atoms with E-state index in [9.17, 15) is 28.4 Å². The number of halogens is 1. The van der Waals surface area contributed by atoms with E-state index in [-0.39, 0.29) is 18.2 Å². The number of amides is 2. The normalized spacial score (nSPS) is 16.7. The number of hydrogen-bond acceptors (Lipinski definition) is 7. The van der Waals surface area contributed by atoms with Crippen LogP contribution in [0.4, 0.5) is 9.18 Å². The first-order chi connectivity index (χ1) is 13.8. The van der Waals surface area contributed by atoms with Crippen LogP contribution < -0.4 is 5.32 Å². The van der Waals surface area contributed by atoms with Crippen LogP contribution in [0.2, 0.25) is 0 Å². The Morgan fingerprint density at radius 3 is 2.55 bits per heavy atom. The van der Waals surface area contributed by atoms with Crippen molar-refractivity contribution in [3.8, 4) is 0 Å². The molecule has 29 heavy (non-hydrogen) atoms. The highest BCUT2D eigenvalue weighted by Crippen LogP contribution is 2.22. The number of carbonyl (C=O) groups is 5. The molecule has 2 atom stereocenters. The Morgan fingerprint density at radius 2 is 1.93 bits per heavy atom. The standard InChI is InChI=1S/C18H19FN2O7S/c19-7-14(22)16(25)12(6-15(23)24)20-17(26)13-9-29-10-21(13)18(27)28-8-11-4-2-1-3-5-11/h1-5,12-13H,6-10H2,(H,20,26)(H,23,24). The SMILES string of the molecule is O=C(O)CC(NC(=O)C1CSCN1C(=O)OCc1ccccc1)C(=O)C(=O)CF. The number of ketones is 2. The van der Waals surface area contributed by atoms with Gasteiger partial charge in [0.05, 0.1) is 12.3 Å². The van der Waals surface area contributed by atoms with Crippen molar-refractivity contribution in [2.75, 3.05) is 18.3 Å². The second-order valence-electron chi connectivity index (χ2n) is 6.11. The first kappa shape index (κ1) is 22.3. The van der Waals surface area contributed by atoms with Gasteiger partial charge < -0.3 is 15.2 Å². The fourth-order valence-electron chi connectivity index (χ4n) is 2.55. The van der Waals surface area contributed by atoms with E-state index in [1.54, 1.807) is 24.3 Å². The third kappa shape index (κ3) is 6.28. The fraction of sp³-hybridized carbons (Fsp3) is 0.389. The molecule has 0 bridgehead atoms. The van der Waals surface area contributed by atoms with Crippen LogP contribution in [0.5, 0.6) is 0 Å². The molecule has 0 aromatic heterocycles. The molecule has 1 aliphatic heterocycles. The maximum Gasteiger partial charge on any atom is 0.411 e. The summed E-state index contributed by atoms with van der Waals surface area (Å²) in [6.45, 7) is -1.59. The van der Waals surface area contributed by atoms with E-state index < -0.39 is 54.7 Å². The summed E-state index contributed by atoms with van der Waals surface area (Å²) < 4.78 is 17.7. The number of carboxylic acid groups (broad SMARTS) is 1. The molecular formula is C18H19FN2O7S. The van der Waals surface area contributed by atoms with E-state index in [1.807, 2.05) is 6.07 Å². The van der Waals surface area contributed by atoms with E-state index in [0.29, 0.717) is 0 Å². The summed E-state index contributed by atoms with van der Waals surface area (Å²) in [5, 5.41) is 11.0. The van der Waals surface area contributed by atoms with Gasteiger partial charge in [-0.05, 0) is 5.56 Å². The number of benzene rings is 1. The van der Waals surface area contributed by atoms with Gasteiger partial charge in [-0.2, -0.15) is 0 Å². The number of carboxylic acids is 1. The van der Waals surface area contributed by atoms with E-state index >= 15 is 0 Å². The minimum absolute atomic E-state index is 0.000304. The monoisotopic (exact) mass is 426 g/mol. The van der Waals surface area contributed by atoms with Crippen LogP contribution in [0, 0.1) is 0 Å². The van der Waals surface area contributed by atoms with Crippen molar-refractivity contribution in [1.82, 2.24) is 10.2 Å². The fourth-order valence-corrected chi connectivity index (χ4v) is 3.70. The lowest BCUT2D eigenvalue weighted by Crippen LogP contribution is -2.53. The first-order valence-corrected chi connectivity index (χ1v) is 9.69. The number of carbonyl (C=O) groups excluding carboxylic acids is 4. The second-order valence-corrected chi connectivity index (χ2v) is 7.11. The molecule has 1 aromatic carbocycles. The van der Waals surface area contributed by atoms with Gasteiger partial charge in [0.1, 0.15) is 18.7 Å². The van der Waals surface area contributed by atoms with Crippen LogP contribution >= 0.6 is 11.8 Å². The third-order valence-corrected chi connectivity index (χ3v) is 5.04. The molecule has 0 aliphatic carbocycles. The van der Waals surface area contributed by atoms with Gasteiger partial charge in [-0.3, -0.25) is 24.1 Å². The molecule has 2 rings (SSSR count). The number of nitrogens with one attached hydrogen (secondary N) is 1. The zero-order chi connectivity index (χ0) is 21.4. The summed E-state index contributed by atoms with van der Waals surface area (Å²) in [6.07, 6.45) is -1.63. The number of ether oxygens (including phenoxy) is 1. The van der Waals surface area contributed by atoms with Gasteiger partial charge in [0.15, 0.2) is 6.67 Å². The minimum Gasteiger partial charge on any atom is -0.481 e. The maximum atomic E-state index is 12.5. The van der Waals surface area contributed by atoms with E-state index in [0.717, 1.165) is 10.5 Å². The summed E-state index contributed by atoms with van der Waals surface area (Å²) in [5.74, 6) is -4.69. The predicted octanol–water partition coefficient (Wildman–Crippen LogP) is 0.765. The van der Waals surface area contributed by atoms with Crippen molar-refractivity contribution in [2.45, 2.75) is 25.1 Å². The lowest BCUT2D eigenvalue weighted by molar-refractivity contribution is -0.143. The predicted molar refractivity (Wildman–Crippen MR) is 99.8 cm³/mol. The number of hydrogen-bond donors (Lipinski definition) is 2. The highest BCUT2D eigenvalue weighted by molar-refractivity contribution is 7.99. The summed E-state index contributed by atoms with van der Waals surface area (Å²) in [7, 11) is 0. The van der Waals surface area contributed by atoms with Gasteiger partial charge in [-0.1, -0.05) is 30.3 Å². The molecule has 1 aliphatic rings. The molecule has 1 heterocycles. The van der Waals surface area contributed by atoms with Crippen LogP contribution in [0.3, 0.4) is 0 Å². The Hall–Kier alpha value is -2.95. The molecule has 2 amide bonds. The van der Waals surface area contributed by atoms with Crippen LogP contribution in [0.25, 0.3) is 0 Å². The largest absolute Gasteiger partial charge is 0.481 e. The number of aliphatic carboxylic acids is 1. The Balaban J connectivity index is 2.01. The zero-order valence-corrected chi connectivity index (χ0v) is 16.0. The molecule has 2 N–H and O–H groups in total. The Kier molecular flexibility index (Phi) is 8.13. The number of nitrogens with zero attached hydrogens (tertiary/aromatic N) is 1. The number of Topliss-reactive ketones (excluding diaryl/α,β-unsaturated/α-hetero) is 2. The lowest BCUT2D eigenvalue weighted by atomic mass is 10.1. The smallest absolute Gasteiger partial charge is 0.411 e. The molecule has 0 saturated carbocycles. The summed E-state index contributed by atoms with van der Waals surface area (Å²) in [5.41, 5.74) is 0.755. The van der Waals surface area contributed by atoms with Gasteiger partial charge in [0, 0.05) is 5.75 Å². The van der Waals surface area contributed by atoms with Crippen LogP contribution in [0.15, 0.2) is 30.3 Å². The molecular weight excluding hydrogens is 407 g/mol. The van der Waals surface area contributed by atoms with Gasteiger partial charge in [0.2, 0.25) is 17.5 Å². The topological polar surface area (TPSA) is 130 Å². The van der Waals surface area contributed by atoms with Gasteiger partial charge in [-0.25, -0.2) is 9.18 Å². The van der Waals surface area contributed by atoms with Crippen molar-refractivity contribution in [2.24, 2.45) is 0 Å². The summed E-state index contributed by atoms with van der Waals surface area (Å²) >= 11 is 1.26. The van der Waals surface area contributed by atoms with Gasteiger partial charge >= 0.3 is 12.1 Å². The van der Waals surface area contributed by atoms with Crippen LogP contribution in [0.1, 0.15) is 12.0 Å². The molecule has 0 spiro atoms. The molecule has 1 aromatic rings. The third-order valence-electron chi connectivity index (χ3n) is 4.03. The molecule has 9 nitrogen and oxygen atoms in total. The molecule has 156 valence electrons. The van der Waals surface area contributed by atoms with E-state index in [2.05, 4.69) is 5.32 Å². The minimum atomic E-state index is -1.71. The van der Waals surface area contributed by atoms with Crippen LogP contribution in [-0.4, -0.2) is 69.9 Å². The average Bonchev–Trinajstić information content (AvgIpc) is 3.21. The Morgan fingerprint density at radius 1 is 1.24 bits per heavy atom. The molecule has 1 fully saturated rings. The Labute approximate surface area is 169 Å². The molecule has 2 unspecified atom stereocenters.